The summed E-state index contributed by atoms with van der Waals surface area (Å²) in [5.74, 6) is -1.90. The maximum atomic E-state index is 12.3. The number of aromatic carboxylic acids is 1. The second kappa shape index (κ2) is 4.97. The van der Waals surface area contributed by atoms with E-state index >= 15 is 0 Å². The van der Waals surface area contributed by atoms with Crippen LogP contribution in [0.3, 0.4) is 0 Å². The molecule has 0 saturated heterocycles. The van der Waals surface area contributed by atoms with E-state index in [0.717, 1.165) is 17.7 Å². The molecule has 2 rings (SSSR count). The van der Waals surface area contributed by atoms with Crippen LogP contribution >= 0.6 is 0 Å². The summed E-state index contributed by atoms with van der Waals surface area (Å²) in [5, 5.41) is 18.4. The van der Waals surface area contributed by atoms with Gasteiger partial charge in [-0.1, -0.05) is 17.7 Å². The van der Waals surface area contributed by atoms with E-state index in [0.29, 0.717) is 0 Å². The quantitative estimate of drug-likeness (QED) is 0.905. The van der Waals surface area contributed by atoms with Crippen molar-refractivity contribution < 1.29 is 23.4 Å². The molecule has 0 heterocycles. The molecule has 0 aliphatic rings. The monoisotopic (exact) mass is 292 g/mol. The van der Waals surface area contributed by atoms with Crippen molar-refractivity contribution in [2.75, 3.05) is 0 Å². The van der Waals surface area contributed by atoms with E-state index in [1.54, 1.807) is 12.1 Å². The Balaban J connectivity index is 2.52. The highest BCUT2D eigenvalue weighted by Crippen LogP contribution is 2.26. The Kier molecular flexibility index (Phi) is 3.50. The highest BCUT2D eigenvalue weighted by molar-refractivity contribution is 7.91. The van der Waals surface area contributed by atoms with Gasteiger partial charge in [0.25, 0.3) is 0 Å². The maximum Gasteiger partial charge on any atom is 0.339 e. The van der Waals surface area contributed by atoms with Crippen molar-refractivity contribution in [2.24, 2.45) is 0 Å². The van der Waals surface area contributed by atoms with E-state index in [1.807, 2.05) is 6.92 Å². The number of carbonyl (C=O) groups is 1. The molecule has 0 unspecified atom stereocenters. The van der Waals surface area contributed by atoms with Crippen molar-refractivity contribution in [3.05, 3.63) is 53.6 Å². The van der Waals surface area contributed by atoms with Gasteiger partial charge < -0.3 is 10.2 Å². The third-order valence-corrected chi connectivity index (χ3v) is 4.61. The normalized spacial score (nSPS) is 11.2. The smallest absolute Gasteiger partial charge is 0.339 e. The van der Waals surface area contributed by atoms with E-state index in [9.17, 15) is 18.3 Å². The minimum atomic E-state index is -3.77. The Hall–Kier alpha value is -2.34. The van der Waals surface area contributed by atoms with Crippen LogP contribution in [-0.2, 0) is 9.84 Å². The lowest BCUT2D eigenvalue weighted by molar-refractivity contribution is 0.0693. The molecule has 0 fully saturated rings. The van der Waals surface area contributed by atoms with Gasteiger partial charge in [-0.3, -0.25) is 0 Å². The Labute approximate surface area is 116 Å². The molecule has 0 spiro atoms. The summed E-state index contributed by atoms with van der Waals surface area (Å²) >= 11 is 0. The van der Waals surface area contributed by atoms with Crippen molar-refractivity contribution in [1.82, 2.24) is 0 Å². The lowest BCUT2D eigenvalue weighted by Gasteiger charge is -2.07. The van der Waals surface area contributed by atoms with E-state index in [2.05, 4.69) is 0 Å². The molecule has 0 radical (unpaired) electrons. The van der Waals surface area contributed by atoms with Crippen LogP contribution in [0, 0.1) is 6.92 Å². The fourth-order valence-corrected chi connectivity index (χ4v) is 2.99. The van der Waals surface area contributed by atoms with Crippen LogP contribution < -0.4 is 0 Å². The second-order valence-electron chi connectivity index (χ2n) is 4.30. The number of carboxylic acid groups (broad SMARTS) is 1. The predicted octanol–water partition coefficient (Wildman–Crippen LogP) is 2.23. The van der Waals surface area contributed by atoms with Gasteiger partial charge in [0.05, 0.1) is 9.79 Å². The van der Waals surface area contributed by atoms with Gasteiger partial charge in [-0.2, -0.15) is 0 Å². The molecule has 20 heavy (non-hydrogen) atoms. The summed E-state index contributed by atoms with van der Waals surface area (Å²) in [5.41, 5.74) is 0.584. The van der Waals surface area contributed by atoms with Crippen LogP contribution in [0.25, 0.3) is 0 Å². The minimum Gasteiger partial charge on any atom is -0.507 e. The number of aryl methyl sites for hydroxylation is 1. The molecule has 0 bridgehead atoms. The number of hydrogen-bond donors (Lipinski definition) is 2. The Morgan fingerprint density at radius 2 is 1.55 bits per heavy atom. The highest BCUT2D eigenvalue weighted by atomic mass is 32.2. The van der Waals surface area contributed by atoms with Gasteiger partial charge in [0.15, 0.2) is 0 Å². The van der Waals surface area contributed by atoms with E-state index in [4.69, 9.17) is 5.11 Å². The van der Waals surface area contributed by atoms with Crippen LogP contribution in [0.15, 0.2) is 52.3 Å². The van der Waals surface area contributed by atoms with E-state index < -0.39 is 21.6 Å². The summed E-state index contributed by atoms with van der Waals surface area (Å²) in [6, 6.07) is 9.44. The lowest BCUT2D eigenvalue weighted by atomic mass is 10.2. The largest absolute Gasteiger partial charge is 0.507 e. The van der Waals surface area contributed by atoms with E-state index in [1.165, 1.54) is 18.2 Å². The number of phenols is 1. The molecule has 2 N–H and O–H groups in total. The number of carboxylic acids is 1. The molecule has 0 aliphatic carbocycles. The first kappa shape index (κ1) is 14.1. The van der Waals surface area contributed by atoms with Crippen molar-refractivity contribution in [3.8, 4) is 5.75 Å². The van der Waals surface area contributed by atoms with Crippen molar-refractivity contribution in [3.63, 3.8) is 0 Å². The van der Waals surface area contributed by atoms with E-state index in [-0.39, 0.29) is 15.4 Å². The molecular formula is C14H12O5S. The Bertz CT molecular complexity index is 761. The first-order chi connectivity index (χ1) is 9.32. The molecular weight excluding hydrogens is 280 g/mol. The fourth-order valence-electron chi connectivity index (χ4n) is 1.71. The lowest BCUT2D eigenvalue weighted by Crippen LogP contribution is -2.04. The summed E-state index contributed by atoms with van der Waals surface area (Å²) < 4.78 is 24.6. The van der Waals surface area contributed by atoms with Crippen LogP contribution in [-0.4, -0.2) is 24.6 Å². The average Bonchev–Trinajstić information content (AvgIpc) is 2.38. The zero-order valence-electron chi connectivity index (χ0n) is 10.6. The van der Waals surface area contributed by atoms with Crippen LogP contribution in [0.1, 0.15) is 15.9 Å². The number of aromatic hydroxyl groups is 1. The van der Waals surface area contributed by atoms with Gasteiger partial charge in [0.2, 0.25) is 9.84 Å². The zero-order chi connectivity index (χ0) is 14.9. The average molecular weight is 292 g/mol. The van der Waals surface area contributed by atoms with Crippen LogP contribution in [0.5, 0.6) is 5.75 Å². The standard InChI is InChI=1S/C14H12O5S/c1-9-2-4-10(5-3-9)20(18,19)11-6-7-12(14(16)17)13(15)8-11/h2-8,15H,1H3,(H,16,17). The summed E-state index contributed by atoms with van der Waals surface area (Å²) in [6.45, 7) is 1.84. The molecule has 0 aromatic heterocycles. The number of rotatable bonds is 3. The van der Waals surface area contributed by atoms with Gasteiger partial charge in [-0.05, 0) is 37.3 Å². The third-order valence-electron chi connectivity index (χ3n) is 2.84. The molecule has 104 valence electrons. The molecule has 6 heteroatoms. The summed E-state index contributed by atoms with van der Waals surface area (Å²) in [6.07, 6.45) is 0. The molecule has 0 atom stereocenters. The van der Waals surface area contributed by atoms with Crippen molar-refractivity contribution >= 4 is 15.8 Å². The third kappa shape index (κ3) is 2.50. The number of sulfone groups is 1. The minimum absolute atomic E-state index is 0.0885. The zero-order valence-corrected chi connectivity index (χ0v) is 11.4. The Morgan fingerprint density at radius 1 is 1.00 bits per heavy atom. The molecule has 0 amide bonds. The molecule has 0 aliphatic heterocycles. The van der Waals surface area contributed by atoms with Crippen LogP contribution in [0.4, 0.5) is 0 Å². The van der Waals surface area contributed by atoms with Crippen molar-refractivity contribution in [2.45, 2.75) is 16.7 Å². The van der Waals surface area contributed by atoms with Crippen molar-refractivity contribution in [1.29, 1.82) is 0 Å². The predicted molar refractivity (Wildman–Crippen MR) is 71.7 cm³/mol. The van der Waals surface area contributed by atoms with Gasteiger partial charge in [-0.15, -0.1) is 0 Å². The maximum absolute atomic E-state index is 12.3. The first-order valence-corrected chi connectivity index (χ1v) is 7.19. The molecule has 0 saturated carbocycles. The second-order valence-corrected chi connectivity index (χ2v) is 6.25. The molecule has 2 aromatic rings. The number of hydrogen-bond acceptors (Lipinski definition) is 4. The molecule has 2 aromatic carbocycles. The number of benzene rings is 2. The Morgan fingerprint density at radius 3 is 2.05 bits per heavy atom. The summed E-state index contributed by atoms with van der Waals surface area (Å²) in [4.78, 5) is 10.7. The topological polar surface area (TPSA) is 91.7 Å². The first-order valence-electron chi connectivity index (χ1n) is 5.70. The fraction of sp³-hybridized carbons (Fsp3) is 0.0714. The van der Waals surface area contributed by atoms with Gasteiger partial charge in [-0.25, -0.2) is 13.2 Å². The van der Waals surface area contributed by atoms with Crippen LogP contribution in [0.2, 0.25) is 0 Å². The van der Waals surface area contributed by atoms with Gasteiger partial charge in [0.1, 0.15) is 11.3 Å². The highest BCUT2D eigenvalue weighted by Gasteiger charge is 2.20. The van der Waals surface area contributed by atoms with Gasteiger partial charge in [0, 0.05) is 0 Å². The summed E-state index contributed by atoms with van der Waals surface area (Å²) in [7, 11) is -3.77. The van der Waals surface area contributed by atoms with Gasteiger partial charge >= 0.3 is 5.97 Å². The molecule has 5 nitrogen and oxygen atoms in total. The SMILES string of the molecule is Cc1ccc(S(=O)(=O)c2ccc(C(=O)O)c(O)c2)cc1.